The predicted molar refractivity (Wildman–Crippen MR) is 87.7 cm³/mol. The normalized spacial score (nSPS) is 11.7. The molecule has 0 bridgehead atoms. The maximum absolute atomic E-state index is 3.64. The lowest BCUT2D eigenvalue weighted by Gasteiger charge is -2.26. The summed E-state index contributed by atoms with van der Waals surface area (Å²) < 4.78 is 1.20. The maximum Gasteiger partial charge on any atom is 0.0701 e. The van der Waals surface area contributed by atoms with Crippen molar-refractivity contribution >= 4 is 27.3 Å². The van der Waals surface area contributed by atoms with Crippen molar-refractivity contribution in [2.45, 2.75) is 38.8 Å². The highest BCUT2D eigenvalue weighted by Gasteiger charge is 2.16. The molecule has 1 heterocycles. The van der Waals surface area contributed by atoms with Crippen molar-refractivity contribution in [3.63, 3.8) is 0 Å². The molecule has 0 amide bonds. The van der Waals surface area contributed by atoms with Crippen molar-refractivity contribution in [2.75, 3.05) is 0 Å². The van der Waals surface area contributed by atoms with Gasteiger partial charge in [0.05, 0.1) is 3.79 Å². The highest BCUT2D eigenvalue weighted by atomic mass is 79.9. The van der Waals surface area contributed by atoms with Gasteiger partial charge in [-0.05, 0) is 65.2 Å². The lowest BCUT2D eigenvalue weighted by molar-refractivity contribution is 0.360. The summed E-state index contributed by atoms with van der Waals surface area (Å²) in [5.41, 5.74) is 2.92. The van der Waals surface area contributed by atoms with Gasteiger partial charge in [-0.15, -0.1) is 11.3 Å². The van der Waals surface area contributed by atoms with Crippen LogP contribution in [0.2, 0.25) is 0 Å². The number of halogens is 1. The van der Waals surface area contributed by atoms with Gasteiger partial charge >= 0.3 is 0 Å². The van der Waals surface area contributed by atoms with Crippen LogP contribution in [0.25, 0.3) is 0 Å². The quantitative estimate of drug-likeness (QED) is 0.780. The molecule has 102 valence electrons. The Morgan fingerprint density at radius 3 is 2.53 bits per heavy atom. The monoisotopic (exact) mass is 337 g/mol. The molecule has 0 atom stereocenters. The summed E-state index contributed by atoms with van der Waals surface area (Å²) in [5, 5.41) is 5.84. The van der Waals surface area contributed by atoms with E-state index in [0.717, 1.165) is 19.4 Å². The number of hydrogen-bond donors (Lipinski definition) is 1. The third-order valence-electron chi connectivity index (χ3n) is 3.27. The fourth-order valence-electron chi connectivity index (χ4n) is 1.97. The molecule has 1 N–H and O–H groups in total. The number of nitrogens with one attached hydrogen (secondary N) is 1. The third-order valence-corrected chi connectivity index (χ3v) is 4.83. The van der Waals surface area contributed by atoms with Crippen LogP contribution in [0.3, 0.4) is 0 Å². The molecule has 2 rings (SSSR count). The highest BCUT2D eigenvalue weighted by Crippen LogP contribution is 2.21. The number of thiophene rings is 1. The van der Waals surface area contributed by atoms with Crippen LogP contribution in [0.5, 0.6) is 0 Å². The van der Waals surface area contributed by atoms with Gasteiger partial charge in [-0.1, -0.05) is 30.3 Å². The molecular formula is C16H20BrNS. The van der Waals surface area contributed by atoms with E-state index in [2.05, 4.69) is 76.9 Å². The SMILES string of the molecule is CC(C)(CCc1ccccc1)NCc1csc(Br)c1. The lowest BCUT2D eigenvalue weighted by Crippen LogP contribution is -2.39. The zero-order valence-electron chi connectivity index (χ0n) is 11.4. The van der Waals surface area contributed by atoms with Crippen LogP contribution in [0.4, 0.5) is 0 Å². The van der Waals surface area contributed by atoms with E-state index >= 15 is 0 Å². The second kappa shape index (κ2) is 6.69. The van der Waals surface area contributed by atoms with Crippen LogP contribution in [0.15, 0.2) is 45.6 Å². The van der Waals surface area contributed by atoms with Crippen LogP contribution in [0, 0.1) is 0 Å². The van der Waals surface area contributed by atoms with E-state index in [9.17, 15) is 0 Å². The molecule has 0 unspecified atom stereocenters. The number of aryl methyl sites for hydroxylation is 1. The Labute approximate surface area is 128 Å². The second-order valence-corrected chi connectivity index (χ2v) is 7.77. The molecule has 0 aliphatic carbocycles. The predicted octanol–water partition coefficient (Wildman–Crippen LogP) is 5.01. The van der Waals surface area contributed by atoms with Gasteiger partial charge in [-0.3, -0.25) is 0 Å². The Balaban J connectivity index is 1.81. The van der Waals surface area contributed by atoms with Gasteiger partial charge in [-0.25, -0.2) is 0 Å². The first-order valence-electron chi connectivity index (χ1n) is 6.57. The highest BCUT2D eigenvalue weighted by molar-refractivity contribution is 9.11. The summed E-state index contributed by atoms with van der Waals surface area (Å²) in [6.07, 6.45) is 2.26. The number of benzene rings is 1. The summed E-state index contributed by atoms with van der Waals surface area (Å²) in [6.45, 7) is 5.48. The van der Waals surface area contributed by atoms with Crippen molar-refractivity contribution < 1.29 is 0 Å². The van der Waals surface area contributed by atoms with E-state index in [-0.39, 0.29) is 5.54 Å². The first-order chi connectivity index (χ1) is 9.05. The lowest BCUT2D eigenvalue weighted by atomic mass is 9.95. The Morgan fingerprint density at radius 2 is 1.89 bits per heavy atom. The third kappa shape index (κ3) is 5.09. The average molecular weight is 338 g/mol. The zero-order valence-corrected chi connectivity index (χ0v) is 13.9. The smallest absolute Gasteiger partial charge is 0.0701 e. The largest absolute Gasteiger partial charge is 0.308 e. The van der Waals surface area contributed by atoms with E-state index < -0.39 is 0 Å². The van der Waals surface area contributed by atoms with Crippen molar-refractivity contribution in [3.8, 4) is 0 Å². The summed E-state index contributed by atoms with van der Waals surface area (Å²) in [7, 11) is 0. The summed E-state index contributed by atoms with van der Waals surface area (Å²) in [5.74, 6) is 0. The first-order valence-corrected chi connectivity index (χ1v) is 8.24. The van der Waals surface area contributed by atoms with Crippen LogP contribution >= 0.6 is 27.3 Å². The molecule has 0 fully saturated rings. The summed E-state index contributed by atoms with van der Waals surface area (Å²) in [6, 6.07) is 12.9. The molecule has 0 saturated carbocycles. The van der Waals surface area contributed by atoms with Gasteiger partial charge in [0, 0.05) is 12.1 Å². The van der Waals surface area contributed by atoms with Crippen molar-refractivity contribution in [2.24, 2.45) is 0 Å². The Hall–Kier alpha value is -0.640. The molecule has 0 spiro atoms. The molecule has 19 heavy (non-hydrogen) atoms. The molecule has 1 aromatic carbocycles. The van der Waals surface area contributed by atoms with Crippen LogP contribution in [-0.2, 0) is 13.0 Å². The minimum Gasteiger partial charge on any atom is -0.308 e. The fourth-order valence-corrected chi connectivity index (χ4v) is 3.18. The fraction of sp³-hybridized carbons (Fsp3) is 0.375. The summed E-state index contributed by atoms with van der Waals surface area (Å²) >= 11 is 5.25. The van der Waals surface area contributed by atoms with Crippen molar-refractivity contribution in [1.29, 1.82) is 0 Å². The van der Waals surface area contributed by atoms with Gasteiger partial charge in [0.15, 0.2) is 0 Å². The second-order valence-electron chi connectivity index (χ2n) is 5.48. The topological polar surface area (TPSA) is 12.0 Å². The van der Waals surface area contributed by atoms with Crippen LogP contribution < -0.4 is 5.32 Å². The van der Waals surface area contributed by atoms with Gasteiger partial charge in [0.2, 0.25) is 0 Å². The molecule has 1 aromatic heterocycles. The van der Waals surface area contributed by atoms with Gasteiger partial charge < -0.3 is 5.32 Å². The minimum absolute atomic E-state index is 0.157. The Morgan fingerprint density at radius 1 is 1.16 bits per heavy atom. The molecule has 0 radical (unpaired) electrons. The number of rotatable bonds is 6. The maximum atomic E-state index is 3.64. The Kier molecular flexibility index (Phi) is 5.20. The van der Waals surface area contributed by atoms with E-state index in [0.29, 0.717) is 0 Å². The molecule has 0 aliphatic rings. The first kappa shape index (κ1) is 14.8. The van der Waals surface area contributed by atoms with Crippen molar-refractivity contribution in [3.05, 3.63) is 56.7 Å². The van der Waals surface area contributed by atoms with E-state index in [1.165, 1.54) is 14.9 Å². The zero-order chi connectivity index (χ0) is 13.7. The number of hydrogen-bond acceptors (Lipinski definition) is 2. The van der Waals surface area contributed by atoms with E-state index in [1.54, 1.807) is 11.3 Å². The standard InChI is InChI=1S/C16H20BrNS/c1-16(2,9-8-13-6-4-3-5-7-13)18-11-14-10-15(17)19-12-14/h3-7,10,12,18H,8-9,11H2,1-2H3. The van der Waals surface area contributed by atoms with Crippen LogP contribution in [0.1, 0.15) is 31.4 Å². The molecular weight excluding hydrogens is 318 g/mol. The molecule has 2 aromatic rings. The van der Waals surface area contributed by atoms with E-state index in [1.807, 2.05) is 0 Å². The van der Waals surface area contributed by atoms with Gasteiger partial charge in [0.25, 0.3) is 0 Å². The van der Waals surface area contributed by atoms with Gasteiger partial charge in [-0.2, -0.15) is 0 Å². The molecule has 1 nitrogen and oxygen atoms in total. The molecule has 3 heteroatoms. The van der Waals surface area contributed by atoms with Gasteiger partial charge in [0.1, 0.15) is 0 Å². The average Bonchev–Trinajstić information content (AvgIpc) is 2.82. The molecule has 0 saturated heterocycles. The molecule has 0 aliphatic heterocycles. The minimum atomic E-state index is 0.157. The van der Waals surface area contributed by atoms with Crippen molar-refractivity contribution in [1.82, 2.24) is 5.32 Å². The van der Waals surface area contributed by atoms with E-state index in [4.69, 9.17) is 0 Å². The summed E-state index contributed by atoms with van der Waals surface area (Å²) in [4.78, 5) is 0. The van der Waals surface area contributed by atoms with Crippen LogP contribution in [-0.4, -0.2) is 5.54 Å². The Bertz CT molecular complexity index is 504.